The molecule has 1 aromatic carbocycles. The Bertz CT molecular complexity index is 589. The van der Waals surface area contributed by atoms with Crippen LogP contribution in [0.3, 0.4) is 0 Å². The predicted octanol–water partition coefficient (Wildman–Crippen LogP) is 5.44. The highest BCUT2D eigenvalue weighted by atomic mass is 28.4. The maximum atomic E-state index is 14.1. The third-order valence-electron chi connectivity index (χ3n) is 4.22. The van der Waals surface area contributed by atoms with Crippen molar-refractivity contribution in [2.75, 3.05) is 0 Å². The van der Waals surface area contributed by atoms with Crippen LogP contribution < -0.4 is 0 Å². The van der Waals surface area contributed by atoms with Gasteiger partial charge in [0, 0.05) is 0 Å². The van der Waals surface area contributed by atoms with Gasteiger partial charge in [-0.25, -0.2) is 4.39 Å². The fourth-order valence-corrected chi connectivity index (χ4v) is 3.18. The van der Waals surface area contributed by atoms with Crippen molar-refractivity contribution in [3.63, 3.8) is 0 Å². The fraction of sp³-hybridized carbons (Fsp3) is 0.562. The minimum Gasteiger partial charge on any atom is -0.407 e. The molecule has 0 aliphatic heterocycles. The summed E-state index contributed by atoms with van der Waals surface area (Å²) in [6.07, 6.45) is -5.85. The predicted molar refractivity (Wildman–Crippen MR) is 83.5 cm³/mol. The van der Waals surface area contributed by atoms with Gasteiger partial charge in [0.15, 0.2) is 14.1 Å². The van der Waals surface area contributed by atoms with Crippen LogP contribution in [0.5, 0.6) is 0 Å². The Morgan fingerprint density at radius 2 is 1.70 bits per heavy atom. The van der Waals surface area contributed by atoms with E-state index < -0.39 is 43.3 Å². The lowest BCUT2D eigenvalue weighted by molar-refractivity contribution is -0.140. The van der Waals surface area contributed by atoms with Gasteiger partial charge < -0.3 is 4.43 Å². The van der Waals surface area contributed by atoms with Crippen LogP contribution in [0.15, 0.2) is 18.2 Å². The normalized spacial score (nSPS) is 14.7. The Hall–Kier alpha value is -1.21. The first kappa shape index (κ1) is 19.8. The lowest BCUT2D eigenvalue weighted by atomic mass is 10.0. The maximum absolute atomic E-state index is 14.1. The Labute approximate surface area is 135 Å². The second-order valence-corrected chi connectivity index (χ2v) is 11.8. The number of ketones is 1. The SMILES string of the molecule is C[C@H](O[Si](C)(C)C(C)(C)C)C(=O)c1cccc(C(F)(F)F)c1F. The quantitative estimate of drug-likeness (QED) is 0.411. The Kier molecular flexibility index (Phi) is 5.48. The molecule has 0 spiro atoms. The van der Waals surface area contributed by atoms with Crippen LogP contribution >= 0.6 is 0 Å². The smallest absolute Gasteiger partial charge is 0.407 e. The molecular formula is C16H22F4O2Si. The van der Waals surface area contributed by atoms with Gasteiger partial charge in [0.1, 0.15) is 11.9 Å². The number of alkyl halides is 3. The minimum absolute atomic E-state index is 0.173. The van der Waals surface area contributed by atoms with Crippen LogP contribution in [-0.2, 0) is 10.6 Å². The van der Waals surface area contributed by atoms with Gasteiger partial charge in [-0.15, -0.1) is 0 Å². The Morgan fingerprint density at radius 3 is 2.13 bits per heavy atom. The first-order valence-corrected chi connectivity index (χ1v) is 10.2. The number of halogens is 4. The van der Waals surface area contributed by atoms with E-state index in [1.807, 2.05) is 33.9 Å². The molecule has 23 heavy (non-hydrogen) atoms. The number of hydrogen-bond donors (Lipinski definition) is 0. The van der Waals surface area contributed by atoms with Crippen molar-refractivity contribution in [3.05, 3.63) is 35.1 Å². The van der Waals surface area contributed by atoms with Crippen molar-refractivity contribution in [1.29, 1.82) is 0 Å². The van der Waals surface area contributed by atoms with E-state index in [1.165, 1.54) is 6.92 Å². The summed E-state index contributed by atoms with van der Waals surface area (Å²) in [7, 11) is -2.30. The van der Waals surface area contributed by atoms with Gasteiger partial charge in [0.25, 0.3) is 0 Å². The summed E-state index contributed by atoms with van der Waals surface area (Å²) < 4.78 is 58.1. The molecule has 0 N–H and O–H groups in total. The molecule has 1 atom stereocenters. The molecule has 130 valence electrons. The fourth-order valence-electron chi connectivity index (χ4n) is 1.83. The van der Waals surface area contributed by atoms with E-state index in [0.29, 0.717) is 6.07 Å². The highest BCUT2D eigenvalue weighted by molar-refractivity contribution is 6.74. The number of carbonyl (C=O) groups excluding carboxylic acids is 1. The third kappa shape index (κ3) is 4.41. The molecule has 0 heterocycles. The van der Waals surface area contributed by atoms with Crippen molar-refractivity contribution >= 4 is 14.1 Å². The summed E-state index contributed by atoms with van der Waals surface area (Å²) in [5.41, 5.74) is -2.03. The summed E-state index contributed by atoms with van der Waals surface area (Å²) in [6.45, 7) is 11.2. The van der Waals surface area contributed by atoms with Crippen LogP contribution in [0.2, 0.25) is 18.1 Å². The van der Waals surface area contributed by atoms with Crippen molar-refractivity contribution in [2.24, 2.45) is 0 Å². The second-order valence-electron chi connectivity index (χ2n) is 7.05. The molecule has 1 aromatic rings. The number of benzene rings is 1. The molecule has 0 aliphatic rings. The molecule has 0 amide bonds. The maximum Gasteiger partial charge on any atom is 0.419 e. The summed E-state index contributed by atoms with van der Waals surface area (Å²) in [6, 6.07) is 2.70. The summed E-state index contributed by atoms with van der Waals surface area (Å²) in [5.74, 6) is -2.32. The molecule has 0 saturated carbocycles. The zero-order valence-electron chi connectivity index (χ0n) is 14.1. The van der Waals surface area contributed by atoms with Gasteiger partial charge in [-0.2, -0.15) is 13.2 Å². The first-order valence-electron chi connectivity index (χ1n) is 7.26. The van der Waals surface area contributed by atoms with Gasteiger partial charge in [-0.1, -0.05) is 26.8 Å². The van der Waals surface area contributed by atoms with Crippen molar-refractivity contribution < 1.29 is 26.8 Å². The summed E-state index contributed by atoms with van der Waals surface area (Å²) >= 11 is 0. The molecule has 1 rings (SSSR count). The standard InChI is InChI=1S/C16H22F4O2Si/c1-10(22-23(5,6)15(2,3)4)14(21)11-8-7-9-12(13(11)17)16(18,19)20/h7-10H,1-6H3/t10-/m0/s1. The zero-order chi connectivity index (χ0) is 18.2. The van der Waals surface area contributed by atoms with Crippen molar-refractivity contribution in [2.45, 2.75) is 58.1 Å². The van der Waals surface area contributed by atoms with E-state index in [1.54, 1.807) is 0 Å². The number of carbonyl (C=O) groups is 1. The molecule has 0 bridgehead atoms. The molecular weight excluding hydrogens is 328 g/mol. The third-order valence-corrected chi connectivity index (χ3v) is 8.77. The van der Waals surface area contributed by atoms with E-state index in [2.05, 4.69) is 0 Å². The molecule has 7 heteroatoms. The largest absolute Gasteiger partial charge is 0.419 e. The Balaban J connectivity index is 3.12. The topological polar surface area (TPSA) is 26.3 Å². The van der Waals surface area contributed by atoms with E-state index >= 15 is 0 Å². The number of rotatable bonds is 4. The van der Waals surface area contributed by atoms with E-state index in [0.717, 1.165) is 12.1 Å². The minimum atomic E-state index is -4.84. The van der Waals surface area contributed by atoms with Gasteiger partial charge in [-0.3, -0.25) is 4.79 Å². The molecule has 0 aromatic heterocycles. The number of Topliss-reactive ketones (excluding diaryl/α,β-unsaturated/α-hetero) is 1. The highest BCUT2D eigenvalue weighted by Crippen LogP contribution is 2.38. The highest BCUT2D eigenvalue weighted by Gasteiger charge is 2.41. The van der Waals surface area contributed by atoms with Crippen LogP contribution in [-0.4, -0.2) is 20.2 Å². The molecule has 0 aliphatic carbocycles. The van der Waals surface area contributed by atoms with E-state index in [-0.39, 0.29) is 5.04 Å². The number of hydrogen-bond acceptors (Lipinski definition) is 2. The van der Waals surface area contributed by atoms with Crippen LogP contribution in [0.25, 0.3) is 0 Å². The van der Waals surface area contributed by atoms with Crippen molar-refractivity contribution in [3.8, 4) is 0 Å². The lowest BCUT2D eigenvalue weighted by Gasteiger charge is -2.38. The van der Waals surface area contributed by atoms with Crippen LogP contribution in [0.4, 0.5) is 17.6 Å². The van der Waals surface area contributed by atoms with Gasteiger partial charge in [0.05, 0.1) is 11.1 Å². The molecule has 0 saturated heterocycles. The van der Waals surface area contributed by atoms with E-state index in [4.69, 9.17) is 4.43 Å². The molecule has 0 unspecified atom stereocenters. The van der Waals surface area contributed by atoms with Gasteiger partial charge in [0.2, 0.25) is 0 Å². The van der Waals surface area contributed by atoms with E-state index in [9.17, 15) is 22.4 Å². The average molecular weight is 350 g/mol. The van der Waals surface area contributed by atoms with Gasteiger partial charge in [-0.05, 0) is 37.2 Å². The molecule has 0 fully saturated rings. The lowest BCUT2D eigenvalue weighted by Crippen LogP contribution is -2.45. The molecule has 0 radical (unpaired) electrons. The summed E-state index contributed by atoms with van der Waals surface area (Å²) in [5, 5.41) is -0.173. The van der Waals surface area contributed by atoms with Gasteiger partial charge >= 0.3 is 6.18 Å². The monoisotopic (exact) mass is 350 g/mol. The summed E-state index contributed by atoms with van der Waals surface area (Å²) in [4.78, 5) is 12.3. The van der Waals surface area contributed by atoms with Crippen LogP contribution in [0, 0.1) is 5.82 Å². The second kappa shape index (κ2) is 6.35. The van der Waals surface area contributed by atoms with Crippen LogP contribution in [0.1, 0.15) is 43.6 Å². The van der Waals surface area contributed by atoms with Crippen molar-refractivity contribution in [1.82, 2.24) is 0 Å². The first-order chi connectivity index (χ1) is 10.2. The zero-order valence-corrected chi connectivity index (χ0v) is 15.1. The average Bonchev–Trinajstić information content (AvgIpc) is 2.34. The Morgan fingerprint density at radius 1 is 1.17 bits per heavy atom. The molecule has 2 nitrogen and oxygen atoms in total.